The molecule has 1 aliphatic rings. The lowest BCUT2D eigenvalue weighted by Crippen LogP contribution is -2.47. The van der Waals surface area contributed by atoms with Crippen LogP contribution in [0.15, 0.2) is 24.4 Å². The molecule has 12 nitrogen and oxygen atoms in total. The minimum Gasteiger partial charge on any atom is -0.386 e. The van der Waals surface area contributed by atoms with E-state index >= 15 is 0 Å². The Kier molecular flexibility index (Phi) is 9.11. The fourth-order valence-electron chi connectivity index (χ4n) is 4.08. The number of ether oxygens (including phenoxy) is 1. The van der Waals surface area contributed by atoms with Gasteiger partial charge in [-0.25, -0.2) is 14.2 Å². The molecule has 1 aromatic heterocycles. The molecule has 0 saturated carbocycles. The topological polar surface area (TPSA) is 152 Å². The summed E-state index contributed by atoms with van der Waals surface area (Å²) in [5.41, 5.74) is -0.282. The van der Waals surface area contributed by atoms with Gasteiger partial charge in [-0.15, -0.1) is 0 Å². The summed E-state index contributed by atoms with van der Waals surface area (Å²) in [6, 6.07) is 2.18. The largest absolute Gasteiger partial charge is 0.491 e. The standard InChI is InChI=1S/C23H23F4N5O7/c1-2-30-6-8-31(9-7-30)20-13-4-3-5-16(32(37)38)19(13)28-12-14(20)21(35)29-15(17(33)11-24)10-18(34)39-22(36)23(25,26)27/h3-5,12,15H,2,6-11H2,1H3,(H,29,35). The van der Waals surface area contributed by atoms with Crippen LogP contribution in [0.1, 0.15) is 23.7 Å². The molecule has 0 bridgehead atoms. The number of esters is 2. The van der Waals surface area contributed by atoms with Crippen LogP contribution in [0.2, 0.25) is 0 Å². The molecule has 1 unspecified atom stereocenters. The zero-order chi connectivity index (χ0) is 28.9. The molecule has 0 radical (unpaired) electrons. The lowest BCUT2D eigenvalue weighted by molar-refractivity contribution is -0.383. The van der Waals surface area contributed by atoms with Crippen molar-refractivity contribution in [2.24, 2.45) is 0 Å². The number of nitro benzene ring substituents is 1. The molecule has 3 rings (SSSR count). The first-order chi connectivity index (χ1) is 18.4. The average molecular weight is 557 g/mol. The van der Waals surface area contributed by atoms with E-state index in [4.69, 9.17) is 0 Å². The number of likely N-dealkylation sites (N-methyl/N-ethyl adjacent to an activating group) is 1. The first kappa shape index (κ1) is 29.3. The number of aromatic nitrogens is 1. The summed E-state index contributed by atoms with van der Waals surface area (Å²) in [7, 11) is 0. The number of hydrogen-bond donors (Lipinski definition) is 1. The highest BCUT2D eigenvalue weighted by atomic mass is 19.4. The second kappa shape index (κ2) is 12.1. The SMILES string of the molecule is CCN1CCN(c2c(C(=O)NC(CC(=O)OC(=O)C(F)(F)F)C(=O)CF)cnc3c([N+](=O)[O-])cccc23)CC1. The van der Waals surface area contributed by atoms with Gasteiger partial charge in [-0.3, -0.25) is 24.5 Å². The zero-order valence-corrected chi connectivity index (χ0v) is 20.5. The molecule has 1 amide bonds. The molecule has 1 saturated heterocycles. The van der Waals surface area contributed by atoms with Gasteiger partial charge in [-0.1, -0.05) is 19.1 Å². The number of anilines is 1. The predicted molar refractivity (Wildman–Crippen MR) is 127 cm³/mol. The third-order valence-corrected chi connectivity index (χ3v) is 6.06. The molecule has 1 aliphatic heterocycles. The quantitative estimate of drug-likeness (QED) is 0.159. The van der Waals surface area contributed by atoms with Gasteiger partial charge in [-0.2, -0.15) is 13.2 Å². The molecular weight excluding hydrogens is 534 g/mol. The van der Waals surface area contributed by atoms with E-state index in [1.807, 2.05) is 6.92 Å². The lowest BCUT2D eigenvalue weighted by Gasteiger charge is -2.36. The van der Waals surface area contributed by atoms with Crippen molar-refractivity contribution in [3.05, 3.63) is 40.1 Å². The smallest absolute Gasteiger partial charge is 0.386 e. The van der Waals surface area contributed by atoms with Gasteiger partial charge in [0.1, 0.15) is 18.2 Å². The van der Waals surface area contributed by atoms with Crippen molar-refractivity contribution in [3.8, 4) is 0 Å². The van der Waals surface area contributed by atoms with Crippen molar-refractivity contribution >= 4 is 45.9 Å². The fourth-order valence-corrected chi connectivity index (χ4v) is 4.08. The number of rotatable bonds is 9. The van der Waals surface area contributed by atoms with Gasteiger partial charge in [0.2, 0.25) is 0 Å². The summed E-state index contributed by atoms with van der Waals surface area (Å²) >= 11 is 0. The molecule has 39 heavy (non-hydrogen) atoms. The number of pyridine rings is 1. The number of nitro groups is 1. The second-order valence-corrected chi connectivity index (χ2v) is 8.46. The maximum Gasteiger partial charge on any atom is 0.491 e. The average Bonchev–Trinajstić information content (AvgIpc) is 2.90. The number of nitrogens with zero attached hydrogens (tertiary/aromatic N) is 4. The van der Waals surface area contributed by atoms with E-state index in [-0.39, 0.29) is 27.8 Å². The van der Waals surface area contributed by atoms with Gasteiger partial charge in [0, 0.05) is 43.8 Å². The lowest BCUT2D eigenvalue weighted by atomic mass is 10.0. The summed E-state index contributed by atoms with van der Waals surface area (Å²) in [4.78, 5) is 67.0. The summed E-state index contributed by atoms with van der Waals surface area (Å²) in [6.07, 6.45) is -5.73. The van der Waals surface area contributed by atoms with E-state index in [0.29, 0.717) is 26.2 Å². The van der Waals surface area contributed by atoms with Crippen LogP contribution >= 0.6 is 0 Å². The summed E-state index contributed by atoms with van der Waals surface area (Å²) < 4.78 is 54.0. The maximum absolute atomic E-state index is 13.3. The first-order valence-corrected chi connectivity index (χ1v) is 11.6. The first-order valence-electron chi connectivity index (χ1n) is 11.6. The number of carbonyl (C=O) groups excluding carboxylic acids is 4. The van der Waals surface area contributed by atoms with Crippen LogP contribution in [-0.4, -0.2) is 90.1 Å². The fraction of sp³-hybridized carbons (Fsp3) is 0.435. The van der Waals surface area contributed by atoms with Crippen molar-refractivity contribution in [3.63, 3.8) is 0 Å². The number of hydrogen-bond acceptors (Lipinski definition) is 10. The van der Waals surface area contributed by atoms with E-state index < -0.39 is 53.9 Å². The number of non-ortho nitro benzene ring substituents is 1. The summed E-state index contributed by atoms with van der Waals surface area (Å²) in [6.45, 7) is 3.07. The molecule has 1 N–H and O–H groups in total. The Morgan fingerprint density at radius 2 is 1.85 bits per heavy atom. The summed E-state index contributed by atoms with van der Waals surface area (Å²) in [5.74, 6) is -7.06. The number of ketones is 1. The zero-order valence-electron chi connectivity index (χ0n) is 20.5. The molecule has 0 spiro atoms. The van der Waals surface area contributed by atoms with Gasteiger partial charge in [-0.05, 0) is 6.54 Å². The van der Waals surface area contributed by atoms with Crippen molar-refractivity contribution in [1.29, 1.82) is 0 Å². The Balaban J connectivity index is 1.98. The number of para-hydroxylation sites is 1. The highest BCUT2D eigenvalue weighted by Gasteiger charge is 2.43. The van der Waals surface area contributed by atoms with Crippen molar-refractivity contribution < 1.29 is 46.4 Å². The molecule has 0 aliphatic carbocycles. The van der Waals surface area contributed by atoms with Gasteiger partial charge in [0.25, 0.3) is 11.6 Å². The van der Waals surface area contributed by atoms with Crippen LogP contribution in [-0.2, 0) is 19.1 Å². The van der Waals surface area contributed by atoms with Crippen LogP contribution in [0.25, 0.3) is 10.9 Å². The number of halogens is 4. The molecule has 1 fully saturated rings. The maximum atomic E-state index is 13.3. The minimum absolute atomic E-state index is 0.0161. The third-order valence-electron chi connectivity index (χ3n) is 6.06. The number of piperazine rings is 1. The highest BCUT2D eigenvalue weighted by molar-refractivity contribution is 6.10. The second-order valence-electron chi connectivity index (χ2n) is 8.46. The number of nitrogens with one attached hydrogen (secondary N) is 1. The van der Waals surface area contributed by atoms with E-state index in [1.165, 1.54) is 18.2 Å². The highest BCUT2D eigenvalue weighted by Crippen LogP contribution is 2.34. The van der Waals surface area contributed by atoms with E-state index in [0.717, 1.165) is 12.7 Å². The van der Waals surface area contributed by atoms with Gasteiger partial charge < -0.3 is 19.9 Å². The third kappa shape index (κ3) is 6.81. The summed E-state index contributed by atoms with van der Waals surface area (Å²) in [5, 5.41) is 13.9. The molecule has 1 aromatic carbocycles. The predicted octanol–water partition coefficient (Wildman–Crippen LogP) is 1.94. The molecule has 16 heteroatoms. The van der Waals surface area contributed by atoms with Gasteiger partial charge >= 0.3 is 18.1 Å². The van der Waals surface area contributed by atoms with E-state index in [2.05, 4.69) is 19.9 Å². The van der Waals surface area contributed by atoms with Crippen LogP contribution in [0.3, 0.4) is 0 Å². The number of fused-ring (bicyclic) bond motifs is 1. The normalized spacial score (nSPS) is 15.1. The van der Waals surface area contributed by atoms with Crippen LogP contribution in [0, 0.1) is 10.1 Å². The Morgan fingerprint density at radius 1 is 1.18 bits per heavy atom. The number of Topliss-reactive ketones (excluding diaryl/α,β-unsaturated/α-hetero) is 1. The Morgan fingerprint density at radius 3 is 2.41 bits per heavy atom. The van der Waals surface area contributed by atoms with Crippen LogP contribution in [0.5, 0.6) is 0 Å². The Labute approximate surface area is 218 Å². The van der Waals surface area contributed by atoms with Crippen molar-refractivity contribution in [2.45, 2.75) is 25.6 Å². The number of carbonyl (C=O) groups is 4. The number of benzene rings is 1. The monoisotopic (exact) mass is 557 g/mol. The molecule has 2 aromatic rings. The van der Waals surface area contributed by atoms with E-state index in [9.17, 15) is 46.9 Å². The molecule has 2 heterocycles. The minimum atomic E-state index is -5.49. The molecule has 1 atom stereocenters. The number of amides is 1. The number of alkyl halides is 4. The Hall–Kier alpha value is -4.21. The van der Waals surface area contributed by atoms with Crippen molar-refractivity contribution in [1.82, 2.24) is 15.2 Å². The molecular formula is C23H23F4N5O7. The van der Waals surface area contributed by atoms with Gasteiger partial charge in [0.05, 0.1) is 22.6 Å². The molecule has 210 valence electrons. The van der Waals surface area contributed by atoms with Crippen LogP contribution in [0.4, 0.5) is 28.9 Å². The van der Waals surface area contributed by atoms with Crippen LogP contribution < -0.4 is 10.2 Å². The van der Waals surface area contributed by atoms with Crippen molar-refractivity contribution in [2.75, 3.05) is 44.3 Å². The van der Waals surface area contributed by atoms with E-state index in [1.54, 1.807) is 4.90 Å². The van der Waals surface area contributed by atoms with Gasteiger partial charge in [0.15, 0.2) is 5.78 Å². The Bertz CT molecular complexity index is 1300.